The van der Waals surface area contributed by atoms with E-state index in [9.17, 15) is 0 Å². The van der Waals surface area contributed by atoms with Gasteiger partial charge in [0.2, 0.25) is 0 Å². The number of aromatic nitrogens is 1. The van der Waals surface area contributed by atoms with Crippen molar-refractivity contribution in [3.05, 3.63) is 60.4 Å². The van der Waals surface area contributed by atoms with E-state index in [0.29, 0.717) is 6.54 Å². The molecule has 0 unspecified atom stereocenters. The molecule has 3 heterocycles. The summed E-state index contributed by atoms with van der Waals surface area (Å²) in [5.74, 6) is 1.72. The topological polar surface area (TPSA) is 61.8 Å². The quantitative estimate of drug-likeness (QED) is 0.901. The molecule has 1 aromatic heterocycles. The lowest BCUT2D eigenvalue weighted by Gasteiger charge is -2.27. The zero-order chi connectivity index (χ0) is 16.9. The van der Waals surface area contributed by atoms with E-state index in [-0.39, 0.29) is 0 Å². The maximum absolute atomic E-state index is 5.37. The van der Waals surface area contributed by atoms with Gasteiger partial charge in [0.1, 0.15) is 5.82 Å². The van der Waals surface area contributed by atoms with Gasteiger partial charge < -0.3 is 20.3 Å². The number of guanidine groups is 1. The molecule has 1 fully saturated rings. The Hall–Kier alpha value is -2.86. The highest BCUT2D eigenvalue weighted by molar-refractivity contribution is 5.96. The van der Waals surface area contributed by atoms with Crippen LogP contribution in [0.2, 0.25) is 0 Å². The summed E-state index contributed by atoms with van der Waals surface area (Å²) in [6, 6.07) is 14.3. The van der Waals surface area contributed by atoms with Crippen LogP contribution in [0.1, 0.15) is 5.56 Å². The molecule has 2 aromatic rings. The zero-order valence-electron chi connectivity index (χ0n) is 14.0. The van der Waals surface area contributed by atoms with Crippen molar-refractivity contribution in [2.75, 3.05) is 43.1 Å². The molecule has 1 aromatic carbocycles. The Balaban J connectivity index is 1.36. The van der Waals surface area contributed by atoms with Crippen molar-refractivity contribution in [3.8, 4) is 0 Å². The summed E-state index contributed by atoms with van der Waals surface area (Å²) >= 11 is 0. The van der Waals surface area contributed by atoms with Crippen molar-refractivity contribution in [1.82, 2.24) is 10.3 Å². The minimum Gasteiger partial charge on any atom is -0.378 e. The SMILES string of the molecule is C1=C(c2ccccc2)CN=C(Nc2ccc(N3CCOCC3)nc2)N1. The van der Waals surface area contributed by atoms with Gasteiger partial charge in [0.15, 0.2) is 5.96 Å². The fraction of sp³-hybridized carbons (Fsp3) is 0.263. The highest BCUT2D eigenvalue weighted by atomic mass is 16.5. The minimum absolute atomic E-state index is 0.651. The maximum atomic E-state index is 5.37. The number of ether oxygens (including phenoxy) is 1. The first-order chi connectivity index (χ1) is 12.4. The van der Waals surface area contributed by atoms with Crippen LogP contribution in [0.25, 0.3) is 5.57 Å². The number of pyridine rings is 1. The van der Waals surface area contributed by atoms with E-state index in [1.54, 1.807) is 0 Å². The molecule has 0 amide bonds. The molecule has 6 heteroatoms. The number of anilines is 2. The molecule has 2 aliphatic heterocycles. The molecule has 25 heavy (non-hydrogen) atoms. The predicted molar refractivity (Wildman–Crippen MR) is 101 cm³/mol. The summed E-state index contributed by atoms with van der Waals surface area (Å²) < 4.78 is 5.37. The molecule has 4 rings (SSSR count). The maximum Gasteiger partial charge on any atom is 0.200 e. The number of rotatable bonds is 3. The second-order valence-corrected chi connectivity index (χ2v) is 5.97. The molecule has 128 valence electrons. The normalized spacial score (nSPS) is 17.4. The Morgan fingerprint density at radius 2 is 1.88 bits per heavy atom. The molecule has 0 atom stereocenters. The Labute approximate surface area is 147 Å². The van der Waals surface area contributed by atoms with Gasteiger partial charge >= 0.3 is 0 Å². The molecule has 0 radical (unpaired) electrons. The second-order valence-electron chi connectivity index (χ2n) is 5.97. The van der Waals surface area contributed by atoms with Crippen LogP contribution in [0, 0.1) is 0 Å². The summed E-state index contributed by atoms with van der Waals surface area (Å²) in [6.45, 7) is 3.96. The zero-order valence-corrected chi connectivity index (χ0v) is 14.0. The fourth-order valence-corrected chi connectivity index (χ4v) is 2.89. The van der Waals surface area contributed by atoms with Gasteiger partial charge in [0, 0.05) is 19.3 Å². The van der Waals surface area contributed by atoms with Gasteiger partial charge in [-0.05, 0) is 23.3 Å². The van der Waals surface area contributed by atoms with Gasteiger partial charge in [0.05, 0.1) is 31.6 Å². The number of hydrogen-bond donors (Lipinski definition) is 2. The first-order valence-electron chi connectivity index (χ1n) is 8.50. The van der Waals surface area contributed by atoms with Gasteiger partial charge in [-0.25, -0.2) is 9.98 Å². The lowest BCUT2D eigenvalue weighted by Crippen LogP contribution is -2.36. The number of nitrogens with zero attached hydrogens (tertiary/aromatic N) is 3. The molecular formula is C19H21N5O. The molecular weight excluding hydrogens is 314 g/mol. The van der Waals surface area contributed by atoms with E-state index in [1.807, 2.05) is 42.7 Å². The smallest absolute Gasteiger partial charge is 0.200 e. The molecule has 0 saturated carbocycles. The summed E-state index contributed by atoms with van der Waals surface area (Å²) in [5.41, 5.74) is 3.28. The summed E-state index contributed by atoms with van der Waals surface area (Å²) in [4.78, 5) is 11.3. The second kappa shape index (κ2) is 7.36. The van der Waals surface area contributed by atoms with Crippen LogP contribution in [0.5, 0.6) is 0 Å². The molecule has 1 saturated heterocycles. The standard InChI is InChI=1S/C19H21N5O/c1-2-4-15(5-3-1)16-12-21-19(22-13-16)23-17-6-7-18(20-14-17)24-8-10-25-11-9-24/h1-7,12,14H,8-11,13H2,(H2,21,22,23). The number of aliphatic imine (C=N–C) groups is 1. The number of morpholine rings is 1. The summed E-state index contributed by atoms with van der Waals surface area (Å²) in [5, 5.41) is 6.49. The lowest BCUT2D eigenvalue weighted by atomic mass is 10.1. The van der Waals surface area contributed by atoms with Crippen molar-refractivity contribution in [2.24, 2.45) is 4.99 Å². The van der Waals surface area contributed by atoms with Crippen LogP contribution < -0.4 is 15.5 Å². The Morgan fingerprint density at radius 3 is 2.56 bits per heavy atom. The van der Waals surface area contributed by atoms with Gasteiger partial charge in [-0.15, -0.1) is 0 Å². The predicted octanol–water partition coefficient (Wildman–Crippen LogP) is 2.33. The highest BCUT2D eigenvalue weighted by Gasteiger charge is 2.12. The van der Waals surface area contributed by atoms with Crippen LogP contribution in [0.4, 0.5) is 11.5 Å². The fourth-order valence-electron chi connectivity index (χ4n) is 2.89. The third-order valence-corrected chi connectivity index (χ3v) is 4.28. The molecule has 0 bridgehead atoms. The largest absolute Gasteiger partial charge is 0.378 e. The molecule has 2 aliphatic rings. The number of nitrogens with one attached hydrogen (secondary N) is 2. The van der Waals surface area contributed by atoms with E-state index in [0.717, 1.165) is 43.8 Å². The van der Waals surface area contributed by atoms with Gasteiger partial charge in [-0.2, -0.15) is 0 Å². The molecule has 0 aliphatic carbocycles. The van der Waals surface area contributed by atoms with Crippen LogP contribution in [0.3, 0.4) is 0 Å². The minimum atomic E-state index is 0.651. The highest BCUT2D eigenvalue weighted by Crippen LogP contribution is 2.17. The van der Waals surface area contributed by atoms with Crippen molar-refractivity contribution in [1.29, 1.82) is 0 Å². The number of benzene rings is 1. The molecule has 6 nitrogen and oxygen atoms in total. The van der Waals surface area contributed by atoms with E-state index in [2.05, 4.69) is 37.6 Å². The third-order valence-electron chi connectivity index (χ3n) is 4.28. The van der Waals surface area contributed by atoms with Crippen LogP contribution in [-0.2, 0) is 4.74 Å². The third kappa shape index (κ3) is 3.80. The van der Waals surface area contributed by atoms with Gasteiger partial charge in [-0.1, -0.05) is 30.3 Å². The summed E-state index contributed by atoms with van der Waals surface area (Å²) in [6.07, 6.45) is 3.84. The van der Waals surface area contributed by atoms with E-state index in [4.69, 9.17) is 4.74 Å². The van der Waals surface area contributed by atoms with E-state index >= 15 is 0 Å². The first-order valence-corrected chi connectivity index (χ1v) is 8.50. The first kappa shape index (κ1) is 15.7. The molecule has 2 N–H and O–H groups in total. The van der Waals surface area contributed by atoms with Crippen molar-refractivity contribution < 1.29 is 4.74 Å². The Bertz CT molecular complexity index is 764. The molecule has 0 spiro atoms. The van der Waals surface area contributed by atoms with Gasteiger partial charge in [0.25, 0.3) is 0 Å². The van der Waals surface area contributed by atoms with Crippen molar-refractivity contribution in [2.45, 2.75) is 0 Å². The van der Waals surface area contributed by atoms with Crippen LogP contribution in [0.15, 0.2) is 59.9 Å². The summed E-state index contributed by atoms with van der Waals surface area (Å²) in [7, 11) is 0. The van der Waals surface area contributed by atoms with E-state index < -0.39 is 0 Å². The Morgan fingerprint density at radius 1 is 1.04 bits per heavy atom. The average Bonchev–Trinajstić information content (AvgIpc) is 2.71. The Kier molecular flexibility index (Phi) is 4.61. The van der Waals surface area contributed by atoms with E-state index in [1.165, 1.54) is 11.1 Å². The van der Waals surface area contributed by atoms with Crippen molar-refractivity contribution in [3.63, 3.8) is 0 Å². The lowest BCUT2D eigenvalue weighted by molar-refractivity contribution is 0.122. The van der Waals surface area contributed by atoms with Gasteiger partial charge in [-0.3, -0.25) is 0 Å². The van der Waals surface area contributed by atoms with Crippen LogP contribution >= 0.6 is 0 Å². The van der Waals surface area contributed by atoms with Crippen molar-refractivity contribution >= 4 is 23.0 Å². The van der Waals surface area contributed by atoms with Crippen LogP contribution in [-0.4, -0.2) is 43.8 Å². The average molecular weight is 335 g/mol. The number of hydrogen-bond acceptors (Lipinski definition) is 6. The monoisotopic (exact) mass is 335 g/mol.